The molecule has 0 N–H and O–H groups in total. The molecule has 104 valence electrons. The van der Waals surface area contributed by atoms with Gasteiger partial charge in [-0.2, -0.15) is 4.36 Å². The fraction of sp³-hybridized carbons (Fsp3) is 0.533. The molecule has 2 rings (SSSR count). The van der Waals surface area contributed by atoms with E-state index in [2.05, 4.69) is 11.3 Å². The molecule has 0 saturated heterocycles. The van der Waals surface area contributed by atoms with E-state index in [-0.39, 0.29) is 5.91 Å². The highest BCUT2D eigenvalue weighted by molar-refractivity contribution is 7.94. The molecule has 0 aromatic heterocycles. The fourth-order valence-electron chi connectivity index (χ4n) is 2.39. The van der Waals surface area contributed by atoms with Crippen LogP contribution < -0.4 is 0 Å². The lowest BCUT2D eigenvalue weighted by Gasteiger charge is -2.06. The lowest BCUT2D eigenvalue weighted by Crippen LogP contribution is -2.04. The normalized spacial score (nSPS) is 21.2. The van der Waals surface area contributed by atoms with Gasteiger partial charge in [0, 0.05) is 5.75 Å². The van der Waals surface area contributed by atoms with E-state index < -0.39 is 9.73 Å². The van der Waals surface area contributed by atoms with Crippen LogP contribution in [0, 0.1) is 0 Å². The van der Waals surface area contributed by atoms with Crippen LogP contribution in [-0.2, 0) is 9.73 Å². The van der Waals surface area contributed by atoms with Crippen molar-refractivity contribution in [3.05, 3.63) is 29.8 Å². The SMILES string of the molecule is CCCCCCCCS1(=O)=NC(=O)c2ccccc21. The number of carbonyl (C=O) groups is 1. The van der Waals surface area contributed by atoms with E-state index in [4.69, 9.17) is 0 Å². The first-order valence-corrected chi connectivity index (χ1v) is 8.74. The van der Waals surface area contributed by atoms with Gasteiger partial charge in [-0.1, -0.05) is 51.2 Å². The van der Waals surface area contributed by atoms with Crippen molar-refractivity contribution < 1.29 is 9.00 Å². The van der Waals surface area contributed by atoms with Crippen molar-refractivity contribution in [1.29, 1.82) is 0 Å². The summed E-state index contributed by atoms with van der Waals surface area (Å²) in [6, 6.07) is 7.12. The predicted octanol–water partition coefficient (Wildman–Crippen LogP) is 4.03. The number of hydrogen-bond donors (Lipinski definition) is 0. The van der Waals surface area contributed by atoms with Crippen LogP contribution in [-0.4, -0.2) is 15.9 Å². The molecule has 1 aromatic rings. The molecular weight excluding hydrogens is 258 g/mol. The summed E-state index contributed by atoms with van der Waals surface area (Å²) >= 11 is 0. The zero-order chi connectivity index (χ0) is 13.7. The number of nitrogens with zero attached hydrogens (tertiary/aromatic N) is 1. The van der Waals surface area contributed by atoms with Crippen LogP contribution >= 0.6 is 0 Å². The van der Waals surface area contributed by atoms with Crippen LogP contribution in [0.25, 0.3) is 0 Å². The lowest BCUT2D eigenvalue weighted by molar-refractivity contribution is 0.101. The van der Waals surface area contributed by atoms with E-state index in [0.29, 0.717) is 16.2 Å². The molecule has 3 nitrogen and oxygen atoms in total. The summed E-state index contributed by atoms with van der Waals surface area (Å²) in [5, 5.41) is 0. The predicted molar refractivity (Wildman–Crippen MR) is 77.9 cm³/mol. The summed E-state index contributed by atoms with van der Waals surface area (Å²) in [7, 11) is -2.48. The van der Waals surface area contributed by atoms with Crippen LogP contribution in [0.2, 0.25) is 0 Å². The Balaban J connectivity index is 1.95. The van der Waals surface area contributed by atoms with Crippen LogP contribution in [0.5, 0.6) is 0 Å². The van der Waals surface area contributed by atoms with Gasteiger partial charge in [0.1, 0.15) is 0 Å². The summed E-state index contributed by atoms with van der Waals surface area (Å²) < 4.78 is 16.6. The number of fused-ring (bicyclic) bond motifs is 1. The second kappa shape index (κ2) is 6.33. The first-order chi connectivity index (χ1) is 9.17. The van der Waals surface area contributed by atoms with Gasteiger partial charge in [0.25, 0.3) is 5.91 Å². The summed E-state index contributed by atoms with van der Waals surface area (Å²) in [4.78, 5) is 12.4. The number of carbonyl (C=O) groups excluding carboxylic acids is 1. The number of benzene rings is 1. The van der Waals surface area contributed by atoms with Crippen molar-refractivity contribution in [2.24, 2.45) is 4.36 Å². The van der Waals surface area contributed by atoms with Gasteiger partial charge >= 0.3 is 0 Å². The Kier molecular flexibility index (Phi) is 4.75. The molecule has 0 bridgehead atoms. The minimum Gasteiger partial charge on any atom is -0.266 e. The van der Waals surface area contributed by atoms with E-state index in [1.165, 1.54) is 25.7 Å². The third-order valence-electron chi connectivity index (χ3n) is 3.47. The number of hydrogen-bond acceptors (Lipinski definition) is 2. The Hall–Kier alpha value is -1.16. The average Bonchev–Trinajstić information content (AvgIpc) is 2.67. The topological polar surface area (TPSA) is 46.5 Å². The maximum absolute atomic E-state index is 12.7. The molecule has 0 aliphatic carbocycles. The molecule has 1 amide bonds. The Bertz CT molecular complexity index is 571. The quantitative estimate of drug-likeness (QED) is 0.707. The van der Waals surface area contributed by atoms with Crippen LogP contribution in [0.3, 0.4) is 0 Å². The van der Waals surface area contributed by atoms with Gasteiger partial charge in [-0.15, -0.1) is 0 Å². The number of rotatable bonds is 7. The second-order valence-electron chi connectivity index (χ2n) is 5.00. The Morgan fingerprint density at radius 2 is 1.74 bits per heavy atom. The largest absolute Gasteiger partial charge is 0.286 e. The number of amides is 1. The highest BCUT2D eigenvalue weighted by Gasteiger charge is 2.27. The first-order valence-electron chi connectivity index (χ1n) is 7.05. The third kappa shape index (κ3) is 3.24. The summed E-state index contributed by atoms with van der Waals surface area (Å²) in [6.45, 7) is 2.19. The molecule has 0 radical (unpaired) electrons. The highest BCUT2D eigenvalue weighted by Crippen LogP contribution is 2.27. The Labute approximate surface area is 115 Å². The Morgan fingerprint density at radius 1 is 1.05 bits per heavy atom. The van der Waals surface area contributed by atoms with Gasteiger partial charge in [0.15, 0.2) is 0 Å². The lowest BCUT2D eigenvalue weighted by atomic mass is 10.1. The highest BCUT2D eigenvalue weighted by atomic mass is 32.2. The van der Waals surface area contributed by atoms with Crippen LogP contribution in [0.15, 0.2) is 33.5 Å². The van der Waals surface area contributed by atoms with Gasteiger partial charge in [-0.25, -0.2) is 4.21 Å². The molecule has 0 saturated carbocycles. The molecule has 1 aromatic carbocycles. The number of unbranched alkanes of at least 4 members (excludes halogenated alkanes) is 5. The standard InChI is InChI=1S/C15H21NO2S/c1-2-3-4-5-6-9-12-19(18)14-11-8-7-10-13(14)15(17)16-19/h7-8,10-11H,2-6,9,12H2,1H3. The van der Waals surface area contributed by atoms with Crippen LogP contribution in [0.4, 0.5) is 0 Å². The van der Waals surface area contributed by atoms with Crippen molar-refractivity contribution in [2.45, 2.75) is 50.3 Å². The molecule has 1 aliphatic rings. The molecule has 0 spiro atoms. The molecule has 4 heteroatoms. The van der Waals surface area contributed by atoms with E-state index in [9.17, 15) is 9.00 Å². The van der Waals surface area contributed by atoms with Crippen molar-refractivity contribution in [2.75, 3.05) is 5.75 Å². The molecule has 1 atom stereocenters. The third-order valence-corrected chi connectivity index (χ3v) is 5.81. The zero-order valence-corrected chi connectivity index (χ0v) is 12.2. The first kappa shape index (κ1) is 14.3. The minimum absolute atomic E-state index is 0.313. The molecule has 1 unspecified atom stereocenters. The second-order valence-corrected chi connectivity index (χ2v) is 7.32. The summed E-state index contributed by atoms with van der Waals surface area (Å²) in [5.74, 6) is 0.202. The maximum Gasteiger partial charge on any atom is 0.286 e. The van der Waals surface area contributed by atoms with E-state index in [1.807, 2.05) is 6.07 Å². The van der Waals surface area contributed by atoms with E-state index in [1.54, 1.807) is 18.2 Å². The average molecular weight is 279 g/mol. The Morgan fingerprint density at radius 3 is 2.53 bits per heavy atom. The van der Waals surface area contributed by atoms with E-state index in [0.717, 1.165) is 12.8 Å². The van der Waals surface area contributed by atoms with Gasteiger partial charge < -0.3 is 0 Å². The van der Waals surface area contributed by atoms with Crippen molar-refractivity contribution in [3.63, 3.8) is 0 Å². The molecule has 1 aliphatic heterocycles. The van der Waals surface area contributed by atoms with Gasteiger partial charge in [0.05, 0.1) is 20.2 Å². The van der Waals surface area contributed by atoms with E-state index >= 15 is 0 Å². The monoisotopic (exact) mass is 279 g/mol. The summed E-state index contributed by atoms with van der Waals surface area (Å²) in [5.41, 5.74) is 0.526. The van der Waals surface area contributed by atoms with Gasteiger partial charge in [0.2, 0.25) is 0 Å². The zero-order valence-electron chi connectivity index (χ0n) is 11.4. The molecular formula is C15H21NO2S. The van der Waals surface area contributed by atoms with Crippen molar-refractivity contribution in [1.82, 2.24) is 0 Å². The molecule has 0 fully saturated rings. The fourth-order valence-corrected chi connectivity index (χ4v) is 4.55. The molecule has 1 heterocycles. The van der Waals surface area contributed by atoms with Gasteiger partial charge in [-0.3, -0.25) is 4.79 Å². The smallest absolute Gasteiger partial charge is 0.266 e. The maximum atomic E-state index is 12.7. The summed E-state index contributed by atoms with van der Waals surface area (Å²) in [6.07, 6.45) is 6.87. The van der Waals surface area contributed by atoms with Crippen LogP contribution in [0.1, 0.15) is 55.8 Å². The van der Waals surface area contributed by atoms with Crippen molar-refractivity contribution >= 4 is 15.6 Å². The molecule has 19 heavy (non-hydrogen) atoms. The minimum atomic E-state index is -2.48. The van der Waals surface area contributed by atoms with Crippen molar-refractivity contribution in [3.8, 4) is 0 Å². The van der Waals surface area contributed by atoms with Gasteiger partial charge in [-0.05, 0) is 18.6 Å².